The number of thiophene rings is 1. The average Bonchev–Trinajstić information content (AvgIpc) is 3.15. The zero-order chi connectivity index (χ0) is 17.5. The highest BCUT2D eigenvalue weighted by Crippen LogP contribution is 2.40. The summed E-state index contributed by atoms with van der Waals surface area (Å²) in [6.45, 7) is 3.62. The first kappa shape index (κ1) is 17.0. The molecule has 2 aromatic rings. The lowest BCUT2D eigenvalue weighted by Crippen LogP contribution is -2.34. The maximum atomic E-state index is 12.7. The minimum atomic E-state index is -0.774. The van der Waals surface area contributed by atoms with E-state index < -0.39 is 10.7 Å². The number of hydrogen-bond acceptors (Lipinski definition) is 6. The number of rotatable bonds is 5. The highest BCUT2D eigenvalue weighted by molar-refractivity contribution is 8.01. The summed E-state index contributed by atoms with van der Waals surface area (Å²) < 4.78 is 0.984. The van der Waals surface area contributed by atoms with Crippen LogP contribution in [0, 0.1) is 0 Å². The topological polar surface area (TPSA) is 103 Å². The molecule has 0 saturated carbocycles. The van der Waals surface area contributed by atoms with Crippen LogP contribution in [0.2, 0.25) is 0 Å². The summed E-state index contributed by atoms with van der Waals surface area (Å²) in [5.74, 6) is -0.679. The van der Waals surface area contributed by atoms with Crippen molar-refractivity contribution in [2.45, 2.75) is 43.0 Å². The third-order valence-electron chi connectivity index (χ3n) is 3.96. The van der Waals surface area contributed by atoms with E-state index in [1.807, 2.05) is 20.9 Å². The molecule has 7 nitrogen and oxygen atoms in total. The molecule has 0 saturated heterocycles. The third kappa shape index (κ3) is 3.05. The van der Waals surface area contributed by atoms with Gasteiger partial charge in [0.2, 0.25) is 5.91 Å². The van der Waals surface area contributed by atoms with Gasteiger partial charge in [-0.2, -0.15) is 0 Å². The Labute approximate surface area is 148 Å². The maximum absolute atomic E-state index is 12.7. The van der Waals surface area contributed by atoms with Crippen molar-refractivity contribution in [1.29, 1.82) is 0 Å². The van der Waals surface area contributed by atoms with Gasteiger partial charge in [0, 0.05) is 11.9 Å². The molecule has 24 heavy (non-hydrogen) atoms. The normalized spacial score (nSPS) is 13.8. The van der Waals surface area contributed by atoms with Crippen LogP contribution in [-0.4, -0.2) is 31.3 Å². The maximum Gasteiger partial charge on any atom is 0.251 e. The van der Waals surface area contributed by atoms with Gasteiger partial charge in [0.15, 0.2) is 5.16 Å². The first-order valence-electron chi connectivity index (χ1n) is 7.58. The lowest BCUT2D eigenvalue weighted by molar-refractivity contribution is -0.117. The van der Waals surface area contributed by atoms with Crippen molar-refractivity contribution in [2.24, 2.45) is 12.8 Å². The standard InChI is InChI=1S/C15H19N5O2S2/c1-15(2,24-14-19-17-7-20(14)3)13(22)18-12-10(11(16)21)8-5-4-6-9(8)23-12/h7H,4-6H2,1-3H3,(H2,16,21)(H,18,22). The van der Waals surface area contributed by atoms with Gasteiger partial charge in [-0.05, 0) is 38.7 Å². The van der Waals surface area contributed by atoms with Crippen molar-refractivity contribution >= 4 is 39.9 Å². The summed E-state index contributed by atoms with van der Waals surface area (Å²) in [5, 5.41) is 11.9. The number of aromatic nitrogens is 3. The Kier molecular flexibility index (Phi) is 4.39. The SMILES string of the molecule is Cn1cnnc1SC(C)(C)C(=O)Nc1sc2c(c1C(N)=O)CCC2. The van der Waals surface area contributed by atoms with Crippen molar-refractivity contribution in [3.63, 3.8) is 0 Å². The van der Waals surface area contributed by atoms with Crippen LogP contribution < -0.4 is 11.1 Å². The number of carbonyl (C=O) groups excluding carboxylic acids is 2. The number of primary amides is 1. The van der Waals surface area contributed by atoms with Crippen molar-refractivity contribution in [3.8, 4) is 0 Å². The molecule has 3 N–H and O–H groups in total. The van der Waals surface area contributed by atoms with E-state index in [1.165, 1.54) is 23.1 Å². The van der Waals surface area contributed by atoms with Gasteiger partial charge in [0.1, 0.15) is 11.3 Å². The van der Waals surface area contributed by atoms with E-state index >= 15 is 0 Å². The largest absolute Gasteiger partial charge is 0.365 e. The summed E-state index contributed by atoms with van der Waals surface area (Å²) in [7, 11) is 1.82. The highest BCUT2D eigenvalue weighted by Gasteiger charge is 2.33. The molecule has 2 heterocycles. The Morgan fingerprint density at radius 3 is 2.79 bits per heavy atom. The predicted octanol–water partition coefficient (Wildman–Crippen LogP) is 1.97. The molecule has 128 valence electrons. The van der Waals surface area contributed by atoms with Gasteiger partial charge in [-0.15, -0.1) is 21.5 Å². The van der Waals surface area contributed by atoms with Gasteiger partial charge >= 0.3 is 0 Å². The van der Waals surface area contributed by atoms with E-state index in [1.54, 1.807) is 10.9 Å². The van der Waals surface area contributed by atoms with Crippen LogP contribution in [0.25, 0.3) is 0 Å². The second kappa shape index (κ2) is 6.21. The first-order valence-corrected chi connectivity index (χ1v) is 9.21. The van der Waals surface area contributed by atoms with E-state index in [9.17, 15) is 9.59 Å². The minimum absolute atomic E-state index is 0.196. The van der Waals surface area contributed by atoms with Crippen LogP contribution in [0.15, 0.2) is 11.5 Å². The third-order valence-corrected chi connectivity index (χ3v) is 6.41. The molecule has 1 aliphatic carbocycles. The monoisotopic (exact) mass is 365 g/mol. The molecular weight excluding hydrogens is 346 g/mol. The Morgan fingerprint density at radius 1 is 1.42 bits per heavy atom. The van der Waals surface area contributed by atoms with Gasteiger partial charge in [-0.1, -0.05) is 11.8 Å². The summed E-state index contributed by atoms with van der Waals surface area (Å²) >= 11 is 2.77. The summed E-state index contributed by atoms with van der Waals surface area (Å²) in [4.78, 5) is 25.7. The Balaban J connectivity index is 1.82. The van der Waals surface area contributed by atoms with E-state index in [-0.39, 0.29) is 5.91 Å². The smallest absolute Gasteiger partial charge is 0.251 e. The van der Waals surface area contributed by atoms with Crippen LogP contribution in [0.5, 0.6) is 0 Å². The number of anilines is 1. The van der Waals surface area contributed by atoms with Crippen LogP contribution in [0.1, 0.15) is 41.1 Å². The van der Waals surface area contributed by atoms with Crippen molar-refractivity contribution < 1.29 is 9.59 Å². The molecular formula is C15H19N5O2S2. The number of aryl methyl sites for hydroxylation is 2. The first-order chi connectivity index (χ1) is 11.3. The molecule has 9 heteroatoms. The fourth-order valence-electron chi connectivity index (χ4n) is 2.65. The van der Waals surface area contributed by atoms with Crippen molar-refractivity contribution in [2.75, 3.05) is 5.32 Å². The van der Waals surface area contributed by atoms with Crippen LogP contribution in [-0.2, 0) is 24.7 Å². The number of nitrogens with one attached hydrogen (secondary N) is 1. The molecule has 1 aliphatic rings. The molecule has 0 unspecified atom stereocenters. The van der Waals surface area contributed by atoms with Gasteiger partial charge in [0.25, 0.3) is 5.91 Å². The minimum Gasteiger partial charge on any atom is -0.365 e. The van der Waals surface area contributed by atoms with Crippen LogP contribution >= 0.6 is 23.1 Å². The van der Waals surface area contributed by atoms with Crippen LogP contribution in [0.4, 0.5) is 5.00 Å². The molecule has 0 bridgehead atoms. The molecule has 0 aliphatic heterocycles. The van der Waals surface area contributed by atoms with E-state index in [2.05, 4.69) is 15.5 Å². The number of fused-ring (bicyclic) bond motifs is 1. The Hall–Kier alpha value is -1.87. The zero-order valence-electron chi connectivity index (χ0n) is 13.8. The summed E-state index contributed by atoms with van der Waals surface area (Å²) in [6.07, 6.45) is 4.40. The predicted molar refractivity (Wildman–Crippen MR) is 94.4 cm³/mol. The molecule has 0 atom stereocenters. The molecule has 0 fully saturated rings. The number of nitrogens with zero attached hydrogens (tertiary/aromatic N) is 3. The van der Waals surface area contributed by atoms with Crippen LogP contribution in [0.3, 0.4) is 0 Å². The van der Waals surface area contributed by atoms with Crippen molar-refractivity contribution in [3.05, 3.63) is 22.3 Å². The van der Waals surface area contributed by atoms with Gasteiger partial charge in [0.05, 0.1) is 10.3 Å². The average molecular weight is 365 g/mol. The quantitative estimate of drug-likeness (QED) is 0.789. The molecule has 0 radical (unpaired) electrons. The number of amides is 2. The zero-order valence-corrected chi connectivity index (χ0v) is 15.4. The van der Waals surface area contributed by atoms with Gasteiger partial charge in [-0.25, -0.2) is 0 Å². The molecule has 3 rings (SSSR count). The molecule has 0 aromatic carbocycles. The van der Waals surface area contributed by atoms with Gasteiger partial charge in [-0.3, -0.25) is 9.59 Å². The summed E-state index contributed by atoms with van der Waals surface area (Å²) in [6, 6.07) is 0. The second-order valence-corrected chi connectivity index (χ2v) is 8.91. The fraction of sp³-hybridized carbons (Fsp3) is 0.467. The lowest BCUT2D eigenvalue weighted by Gasteiger charge is -2.22. The van der Waals surface area contributed by atoms with E-state index in [0.29, 0.717) is 15.7 Å². The Bertz CT molecular complexity index is 809. The van der Waals surface area contributed by atoms with Gasteiger partial charge < -0.3 is 15.6 Å². The molecule has 2 amide bonds. The lowest BCUT2D eigenvalue weighted by atomic mass is 10.1. The highest BCUT2D eigenvalue weighted by atomic mass is 32.2. The number of carbonyl (C=O) groups is 2. The van der Waals surface area contributed by atoms with E-state index in [4.69, 9.17) is 5.73 Å². The molecule has 0 spiro atoms. The number of hydrogen-bond donors (Lipinski definition) is 2. The van der Waals surface area contributed by atoms with Crippen molar-refractivity contribution in [1.82, 2.24) is 14.8 Å². The fourth-order valence-corrected chi connectivity index (χ4v) is 4.82. The second-order valence-electron chi connectivity index (χ2n) is 6.22. The van der Waals surface area contributed by atoms with E-state index in [0.717, 1.165) is 29.7 Å². The summed E-state index contributed by atoms with van der Waals surface area (Å²) in [5.41, 5.74) is 7.01. The Morgan fingerprint density at radius 2 is 2.17 bits per heavy atom. The molecule has 2 aromatic heterocycles. The number of thioether (sulfide) groups is 1. The number of nitrogens with two attached hydrogens (primary N) is 1.